The zero-order chi connectivity index (χ0) is 21.3. The van der Waals surface area contributed by atoms with E-state index in [0.717, 1.165) is 24.7 Å². The number of nitrogens with one attached hydrogen (secondary N) is 1. The van der Waals surface area contributed by atoms with Crippen molar-refractivity contribution < 1.29 is 4.79 Å². The number of benzene rings is 2. The van der Waals surface area contributed by atoms with Crippen molar-refractivity contribution >= 4 is 40.6 Å². The van der Waals surface area contributed by atoms with Crippen LogP contribution in [0, 0.1) is 4.77 Å². The molecule has 1 aliphatic heterocycles. The number of piperazine rings is 1. The van der Waals surface area contributed by atoms with E-state index < -0.39 is 0 Å². The third-order valence-corrected chi connectivity index (χ3v) is 6.10. The Morgan fingerprint density at radius 3 is 2.47 bits per heavy atom. The number of aromatic nitrogens is 2. The van der Waals surface area contributed by atoms with Gasteiger partial charge < -0.3 is 9.88 Å². The van der Waals surface area contributed by atoms with E-state index in [2.05, 4.69) is 9.88 Å². The predicted molar refractivity (Wildman–Crippen MR) is 122 cm³/mol. The van der Waals surface area contributed by atoms with E-state index >= 15 is 0 Å². The van der Waals surface area contributed by atoms with Crippen LogP contribution in [-0.2, 0) is 13.1 Å². The molecule has 2 heterocycles. The van der Waals surface area contributed by atoms with Gasteiger partial charge >= 0.3 is 0 Å². The Morgan fingerprint density at radius 1 is 1.10 bits per heavy atom. The Labute approximate surface area is 184 Å². The average molecular weight is 443 g/mol. The van der Waals surface area contributed by atoms with Crippen molar-refractivity contribution in [3.63, 3.8) is 0 Å². The van der Waals surface area contributed by atoms with Crippen LogP contribution in [0.4, 0.5) is 0 Å². The zero-order valence-electron chi connectivity index (χ0n) is 16.7. The predicted octanol–water partition coefficient (Wildman–Crippen LogP) is 3.69. The number of hydrogen-bond donors (Lipinski definition) is 1. The summed E-state index contributed by atoms with van der Waals surface area (Å²) in [4.78, 5) is 32.8. The molecule has 1 saturated heterocycles. The number of amides is 1. The van der Waals surface area contributed by atoms with Crippen LogP contribution in [0.3, 0.4) is 0 Å². The van der Waals surface area contributed by atoms with Gasteiger partial charge in [-0.1, -0.05) is 23.7 Å². The van der Waals surface area contributed by atoms with Crippen molar-refractivity contribution in [1.82, 2.24) is 19.4 Å². The molecule has 2 aromatic carbocycles. The summed E-state index contributed by atoms with van der Waals surface area (Å²) in [6, 6.07) is 13.0. The normalized spacial score (nSPS) is 14.9. The minimum absolute atomic E-state index is 0.0259. The largest absolute Gasteiger partial charge is 0.336 e. The molecule has 0 unspecified atom stereocenters. The fraction of sp³-hybridized carbons (Fsp3) is 0.318. The van der Waals surface area contributed by atoms with Crippen molar-refractivity contribution in [3.05, 3.63) is 73.7 Å². The molecular weight excluding hydrogens is 420 g/mol. The molecular formula is C22H23ClN4O2S. The van der Waals surface area contributed by atoms with Gasteiger partial charge in [-0.15, -0.1) is 0 Å². The molecule has 156 valence electrons. The number of nitrogens with zero attached hydrogens (tertiary/aromatic N) is 3. The summed E-state index contributed by atoms with van der Waals surface area (Å²) < 4.78 is 1.88. The van der Waals surface area contributed by atoms with Gasteiger partial charge in [-0.05, 0) is 55.0 Å². The number of rotatable bonds is 4. The standard InChI is InChI=1S/C22H23ClN4O2S/c1-2-27-21(29)18-8-5-16(13-19(18)24-22(27)30)20(28)26-11-9-25(10-12-26)14-15-3-6-17(23)7-4-15/h3-8,13H,2,9-12,14H2,1H3,(H,24,30). The number of aromatic amines is 1. The minimum Gasteiger partial charge on any atom is -0.336 e. The lowest BCUT2D eigenvalue weighted by Gasteiger charge is -2.34. The number of halogens is 1. The molecule has 1 N–H and O–H groups in total. The summed E-state index contributed by atoms with van der Waals surface area (Å²) in [5, 5.41) is 1.27. The maximum absolute atomic E-state index is 13.0. The second-order valence-corrected chi connectivity index (χ2v) is 8.26. The highest BCUT2D eigenvalue weighted by molar-refractivity contribution is 7.71. The Hall–Kier alpha value is -2.48. The molecule has 1 aliphatic rings. The van der Waals surface area contributed by atoms with E-state index in [1.54, 1.807) is 18.2 Å². The number of hydrogen-bond acceptors (Lipinski definition) is 4. The first-order valence-corrected chi connectivity index (χ1v) is 10.8. The van der Waals surface area contributed by atoms with Gasteiger partial charge in [0.15, 0.2) is 4.77 Å². The molecule has 1 amide bonds. The topological polar surface area (TPSA) is 61.3 Å². The molecule has 0 spiro atoms. The second-order valence-electron chi connectivity index (χ2n) is 7.43. The first kappa shape index (κ1) is 20.8. The van der Waals surface area contributed by atoms with Crippen LogP contribution in [0.15, 0.2) is 47.3 Å². The van der Waals surface area contributed by atoms with Crippen molar-refractivity contribution in [1.29, 1.82) is 0 Å². The van der Waals surface area contributed by atoms with E-state index in [-0.39, 0.29) is 11.5 Å². The highest BCUT2D eigenvalue weighted by atomic mass is 35.5. The molecule has 0 atom stereocenters. The molecule has 0 aliphatic carbocycles. The highest BCUT2D eigenvalue weighted by Crippen LogP contribution is 2.16. The third-order valence-electron chi connectivity index (χ3n) is 5.52. The summed E-state index contributed by atoms with van der Waals surface area (Å²) in [6.45, 7) is 6.18. The molecule has 4 rings (SSSR count). The second kappa shape index (κ2) is 8.71. The Balaban J connectivity index is 1.46. The minimum atomic E-state index is -0.133. The van der Waals surface area contributed by atoms with Crippen molar-refractivity contribution in [2.45, 2.75) is 20.0 Å². The fourth-order valence-corrected chi connectivity index (χ4v) is 4.26. The lowest BCUT2D eigenvalue weighted by Crippen LogP contribution is -2.48. The summed E-state index contributed by atoms with van der Waals surface area (Å²) in [6.07, 6.45) is 0. The van der Waals surface area contributed by atoms with Crippen LogP contribution in [0.1, 0.15) is 22.8 Å². The fourth-order valence-electron chi connectivity index (χ4n) is 3.81. The molecule has 30 heavy (non-hydrogen) atoms. The van der Waals surface area contributed by atoms with Crippen LogP contribution in [0.2, 0.25) is 5.02 Å². The Kier molecular flexibility index (Phi) is 6.04. The van der Waals surface area contributed by atoms with Crippen LogP contribution in [0.5, 0.6) is 0 Å². The Bertz CT molecular complexity index is 1190. The maximum Gasteiger partial charge on any atom is 0.262 e. The van der Waals surface area contributed by atoms with E-state index in [0.29, 0.717) is 40.9 Å². The summed E-state index contributed by atoms with van der Waals surface area (Å²) in [7, 11) is 0. The SMILES string of the molecule is CCn1c(=S)[nH]c2cc(C(=O)N3CCN(Cc4ccc(Cl)cc4)CC3)ccc2c1=O. The molecule has 0 bridgehead atoms. The number of carbonyl (C=O) groups is 1. The van der Waals surface area contributed by atoms with Crippen LogP contribution in [0.25, 0.3) is 10.9 Å². The quantitative estimate of drug-likeness (QED) is 0.626. The molecule has 0 saturated carbocycles. The third kappa shape index (κ3) is 4.19. The van der Waals surface area contributed by atoms with Gasteiger partial charge in [0.2, 0.25) is 0 Å². The van der Waals surface area contributed by atoms with E-state index in [1.807, 2.05) is 36.1 Å². The lowest BCUT2D eigenvalue weighted by molar-refractivity contribution is 0.0628. The van der Waals surface area contributed by atoms with E-state index in [1.165, 1.54) is 10.1 Å². The maximum atomic E-state index is 13.0. The van der Waals surface area contributed by atoms with Gasteiger partial charge in [-0.25, -0.2) is 0 Å². The average Bonchev–Trinajstić information content (AvgIpc) is 2.75. The molecule has 1 aromatic heterocycles. The van der Waals surface area contributed by atoms with Gasteiger partial charge in [-0.3, -0.25) is 19.1 Å². The van der Waals surface area contributed by atoms with Crippen molar-refractivity contribution in [3.8, 4) is 0 Å². The first-order valence-electron chi connectivity index (χ1n) is 9.99. The van der Waals surface area contributed by atoms with E-state index in [9.17, 15) is 9.59 Å². The first-order chi connectivity index (χ1) is 14.5. The molecule has 8 heteroatoms. The number of H-pyrrole nitrogens is 1. The summed E-state index contributed by atoms with van der Waals surface area (Å²) in [5.41, 5.74) is 2.24. The molecule has 0 radical (unpaired) electrons. The van der Waals surface area contributed by atoms with Gasteiger partial charge in [0.05, 0.1) is 10.9 Å². The van der Waals surface area contributed by atoms with Crippen LogP contribution in [-0.4, -0.2) is 51.4 Å². The lowest BCUT2D eigenvalue weighted by atomic mass is 10.1. The molecule has 1 fully saturated rings. The Morgan fingerprint density at radius 2 is 1.80 bits per heavy atom. The smallest absolute Gasteiger partial charge is 0.262 e. The van der Waals surface area contributed by atoms with E-state index in [4.69, 9.17) is 23.8 Å². The zero-order valence-corrected chi connectivity index (χ0v) is 18.3. The van der Waals surface area contributed by atoms with Crippen LogP contribution < -0.4 is 5.56 Å². The van der Waals surface area contributed by atoms with Crippen molar-refractivity contribution in [2.24, 2.45) is 0 Å². The van der Waals surface area contributed by atoms with Gasteiger partial charge in [0.25, 0.3) is 11.5 Å². The monoisotopic (exact) mass is 442 g/mol. The summed E-state index contributed by atoms with van der Waals surface area (Å²) in [5.74, 6) is -0.0259. The van der Waals surface area contributed by atoms with Crippen molar-refractivity contribution in [2.75, 3.05) is 26.2 Å². The number of carbonyl (C=O) groups excluding carboxylic acids is 1. The highest BCUT2D eigenvalue weighted by Gasteiger charge is 2.22. The van der Waals surface area contributed by atoms with Crippen LogP contribution >= 0.6 is 23.8 Å². The summed E-state index contributed by atoms with van der Waals surface area (Å²) >= 11 is 11.2. The van der Waals surface area contributed by atoms with Gasteiger partial charge in [-0.2, -0.15) is 0 Å². The molecule has 6 nitrogen and oxygen atoms in total. The van der Waals surface area contributed by atoms with Gasteiger partial charge in [0, 0.05) is 49.9 Å². The number of fused-ring (bicyclic) bond motifs is 1. The molecule has 3 aromatic rings. The van der Waals surface area contributed by atoms with Gasteiger partial charge in [0.1, 0.15) is 0 Å².